The number of hydrogen-bond acceptors (Lipinski definition) is 13. The quantitative estimate of drug-likeness (QED) is 0.0219. The van der Waals surface area contributed by atoms with Crippen molar-refractivity contribution in [2.24, 2.45) is 0 Å². The fourth-order valence-corrected chi connectivity index (χ4v) is 13.9. The Morgan fingerprint density at radius 2 is 0.978 bits per heavy atom. The maximum atomic E-state index is 15.7. The second kappa shape index (κ2) is 46.9. The molecule has 0 aromatic heterocycles. The van der Waals surface area contributed by atoms with E-state index in [1.165, 1.54) is 122 Å². The van der Waals surface area contributed by atoms with E-state index in [4.69, 9.17) is 41.7 Å². The first-order valence-electron chi connectivity index (χ1n) is 35.6. The first-order valence-corrected chi connectivity index (χ1v) is 43.7. The summed E-state index contributed by atoms with van der Waals surface area (Å²) in [5.41, 5.74) is 0. The van der Waals surface area contributed by atoms with Gasteiger partial charge in [-0.1, -0.05) is 284 Å². The zero-order valence-corrected chi connectivity index (χ0v) is 61.0. The van der Waals surface area contributed by atoms with Crippen molar-refractivity contribution in [3.63, 3.8) is 0 Å². The lowest BCUT2D eigenvalue weighted by Gasteiger charge is -2.46. The molecule has 0 spiro atoms. The minimum absolute atomic E-state index is 0.0366. The van der Waals surface area contributed by atoms with Crippen molar-refractivity contribution in [3.05, 3.63) is 60.7 Å². The highest BCUT2D eigenvalue weighted by molar-refractivity contribution is 7.49. The third kappa shape index (κ3) is 37.4. The van der Waals surface area contributed by atoms with E-state index in [1.54, 1.807) is 48.5 Å². The molecule has 0 bridgehead atoms. The van der Waals surface area contributed by atoms with E-state index in [-0.39, 0.29) is 49.2 Å². The lowest BCUT2D eigenvalue weighted by molar-refractivity contribution is -0.263. The van der Waals surface area contributed by atoms with Gasteiger partial charge in [-0.05, 0) is 67.7 Å². The first-order chi connectivity index (χ1) is 42.7. The van der Waals surface area contributed by atoms with Crippen LogP contribution >= 0.6 is 7.82 Å². The zero-order valence-electron chi connectivity index (χ0n) is 58.1. The number of amides is 1. The van der Waals surface area contributed by atoms with Crippen LogP contribution in [0.25, 0.3) is 0 Å². The normalized spacial score (nSPS) is 17.7. The summed E-state index contributed by atoms with van der Waals surface area (Å²) in [4.78, 5) is 44.0. The zero-order chi connectivity index (χ0) is 65.1. The van der Waals surface area contributed by atoms with Crippen LogP contribution in [-0.2, 0) is 51.6 Å². The van der Waals surface area contributed by atoms with Crippen LogP contribution in [0.2, 0.25) is 43.8 Å². The van der Waals surface area contributed by atoms with Crippen LogP contribution in [-0.4, -0.2) is 91.0 Å². The highest BCUT2D eigenvalue weighted by atomic mass is 31.2. The Morgan fingerprint density at radius 3 is 1.40 bits per heavy atom. The minimum Gasteiger partial charge on any atom is -0.457 e. The van der Waals surface area contributed by atoms with Crippen molar-refractivity contribution >= 4 is 42.1 Å². The lowest BCUT2D eigenvalue weighted by atomic mass is 9.96. The van der Waals surface area contributed by atoms with Gasteiger partial charge in [0, 0.05) is 27.5 Å². The molecule has 0 unspecified atom stereocenters. The highest BCUT2D eigenvalue weighted by Gasteiger charge is 2.55. The molecule has 89 heavy (non-hydrogen) atoms. The van der Waals surface area contributed by atoms with E-state index >= 15 is 9.36 Å². The molecule has 17 heteroatoms. The molecule has 2 aromatic carbocycles. The largest absolute Gasteiger partial charge is 0.588 e. The lowest BCUT2D eigenvalue weighted by Crippen LogP contribution is -2.67. The van der Waals surface area contributed by atoms with E-state index < -0.39 is 78.8 Å². The summed E-state index contributed by atoms with van der Waals surface area (Å²) in [6, 6.07) is 16.8. The van der Waals surface area contributed by atoms with Gasteiger partial charge in [-0.2, -0.15) is 0 Å². The Hall–Kier alpha value is -3.09. The summed E-state index contributed by atoms with van der Waals surface area (Å²) in [6.07, 6.45) is 29.4. The van der Waals surface area contributed by atoms with Crippen molar-refractivity contribution in [3.8, 4) is 11.5 Å². The highest BCUT2D eigenvalue weighted by Crippen LogP contribution is 2.53. The molecule has 1 fully saturated rings. The van der Waals surface area contributed by atoms with E-state index in [2.05, 4.69) is 79.6 Å². The standard InChI is InChI=1S/C72H128NO13PSi2/c1-12-15-18-21-24-27-29-32-35-38-47-54-66(75)82-70-68(73-65(74)58-63(79-60-78-56-57-88(7,8)9)53-42-37-34-31-26-23-20-17-14-3)71(83-67(76)55-48-39-36-33-30-28-25-22-19-16-13-2)81-64(59-80-89(10,11)72(4,5)6)69(70)86-87(77,84-61-49-43-40-44-50-61)85-62-51-45-41-46-52-62/h40-41,43-46,49-52,63-64,68-71H,12-39,42,47-48,53-60H2,1-11H3,(H,73,74)/t63-,64-,68-,69-,70-,71-/m1/s1. The average Bonchev–Trinajstić information content (AvgIpc) is 1.53. The molecular formula is C72H128NO13PSi2. The van der Waals surface area contributed by atoms with E-state index in [1.807, 2.05) is 12.1 Å². The van der Waals surface area contributed by atoms with Crippen LogP contribution in [0, 0.1) is 0 Å². The summed E-state index contributed by atoms with van der Waals surface area (Å²) in [6.45, 7) is 24.7. The molecular weight excluding hydrogens is 1170 g/mol. The molecule has 1 heterocycles. The third-order valence-electron chi connectivity index (χ3n) is 17.5. The number of carbonyl (C=O) groups is 3. The van der Waals surface area contributed by atoms with E-state index in [9.17, 15) is 9.59 Å². The first kappa shape index (κ1) is 80.2. The van der Waals surface area contributed by atoms with Crippen LogP contribution in [0.15, 0.2) is 60.7 Å². The van der Waals surface area contributed by atoms with Crippen LogP contribution in [0.4, 0.5) is 0 Å². The fourth-order valence-electron chi connectivity index (χ4n) is 10.7. The van der Waals surface area contributed by atoms with Crippen molar-refractivity contribution in [2.75, 3.05) is 20.0 Å². The maximum absolute atomic E-state index is 15.7. The van der Waals surface area contributed by atoms with Gasteiger partial charge in [0.1, 0.15) is 36.5 Å². The number of carbonyl (C=O) groups excluding carboxylic acids is 3. The Labute approximate surface area is 544 Å². The van der Waals surface area contributed by atoms with Crippen LogP contribution in [0.3, 0.4) is 0 Å². The van der Waals surface area contributed by atoms with Gasteiger partial charge in [-0.3, -0.25) is 18.9 Å². The Morgan fingerprint density at radius 1 is 0.562 bits per heavy atom. The number of benzene rings is 2. The van der Waals surface area contributed by atoms with Gasteiger partial charge < -0.3 is 42.5 Å². The van der Waals surface area contributed by atoms with Gasteiger partial charge >= 0.3 is 19.8 Å². The van der Waals surface area contributed by atoms with E-state index in [0.29, 0.717) is 25.9 Å². The average molecular weight is 1300 g/mol. The van der Waals surface area contributed by atoms with Gasteiger partial charge in [0.05, 0.1) is 19.1 Å². The van der Waals surface area contributed by atoms with Gasteiger partial charge in [0.2, 0.25) is 12.2 Å². The minimum atomic E-state index is -4.79. The third-order valence-corrected chi connectivity index (χ3v) is 25.0. The number of phosphoric ester groups is 1. The molecule has 1 aliphatic heterocycles. The van der Waals surface area contributed by atoms with Crippen molar-refractivity contribution in [1.82, 2.24) is 5.32 Å². The van der Waals surface area contributed by atoms with Crippen molar-refractivity contribution in [2.45, 2.75) is 347 Å². The summed E-state index contributed by atoms with van der Waals surface area (Å²) in [5, 5.41) is 2.91. The second-order valence-electron chi connectivity index (χ2n) is 28.0. The molecule has 512 valence electrons. The molecule has 3 rings (SSSR count). The van der Waals surface area contributed by atoms with Gasteiger partial charge in [0.25, 0.3) is 0 Å². The maximum Gasteiger partial charge on any atom is 0.588 e. The molecule has 1 amide bonds. The van der Waals surface area contributed by atoms with E-state index in [0.717, 1.165) is 70.3 Å². The molecule has 1 aliphatic rings. The second-order valence-corrected chi connectivity index (χ2v) is 39.9. The Bertz CT molecular complexity index is 2120. The van der Waals surface area contributed by atoms with Crippen molar-refractivity contribution in [1.29, 1.82) is 0 Å². The number of unbranched alkanes of at least 4 members (excludes halogenated alkanes) is 28. The summed E-state index contributed by atoms with van der Waals surface area (Å²) in [7, 11) is -8.74. The predicted octanol–water partition coefficient (Wildman–Crippen LogP) is 20.7. The predicted molar refractivity (Wildman–Crippen MR) is 369 cm³/mol. The summed E-state index contributed by atoms with van der Waals surface area (Å²) >= 11 is 0. The number of hydrogen-bond donors (Lipinski definition) is 1. The number of phosphoric acid groups is 1. The number of nitrogens with one attached hydrogen (secondary N) is 1. The topological polar surface area (TPSA) is 163 Å². The number of esters is 2. The number of para-hydroxylation sites is 2. The van der Waals surface area contributed by atoms with Gasteiger partial charge in [-0.25, -0.2) is 4.57 Å². The number of rotatable bonds is 54. The molecule has 14 nitrogen and oxygen atoms in total. The number of ether oxygens (including phenoxy) is 5. The molecule has 0 saturated carbocycles. The molecule has 2 aromatic rings. The van der Waals surface area contributed by atoms with Gasteiger partial charge in [-0.15, -0.1) is 0 Å². The molecule has 1 N–H and O–H groups in total. The van der Waals surface area contributed by atoms with Crippen LogP contribution < -0.4 is 14.4 Å². The van der Waals surface area contributed by atoms with Crippen molar-refractivity contribution < 1.29 is 60.6 Å². The summed E-state index contributed by atoms with van der Waals surface area (Å²) in [5.74, 6) is -1.13. The molecule has 0 aliphatic carbocycles. The molecule has 1 saturated heterocycles. The SMILES string of the molecule is CCCCCCCCCCCCCC(=O)O[C@H]1O[C@H](CO[Si](C)(C)C(C)(C)C)[C@@H](OP(=O)(Oc2ccccc2)Oc2ccccc2)[C@H](OC(=O)CCCCCCCCCCCCC)[C@H]1NC(=O)C[C@@H](CCCCCCCCCCC)OCOCC[Si](C)(C)C. The van der Waals surface area contributed by atoms with Crippen LogP contribution in [0.1, 0.15) is 266 Å². The fraction of sp³-hybridized carbons (Fsp3) is 0.792. The molecule has 6 atom stereocenters. The molecule has 0 radical (unpaired) electrons. The van der Waals surface area contributed by atoms with Gasteiger partial charge in [0.15, 0.2) is 14.4 Å². The summed E-state index contributed by atoms with van der Waals surface area (Å²) < 4.78 is 74.3. The Kier molecular flexibility index (Phi) is 42.2. The smallest absolute Gasteiger partial charge is 0.457 e. The Balaban J connectivity index is 2.11. The monoisotopic (exact) mass is 1300 g/mol. The van der Waals surface area contributed by atoms with Crippen LogP contribution in [0.5, 0.6) is 11.5 Å².